The van der Waals surface area contributed by atoms with Gasteiger partial charge in [0.05, 0.1) is 4.92 Å². The Morgan fingerprint density at radius 3 is 2.55 bits per heavy atom. The summed E-state index contributed by atoms with van der Waals surface area (Å²) in [7, 11) is 0. The molecule has 0 aromatic heterocycles. The standard InChI is InChI=1S/C17H13NO4/c1-11-2-4-12(5-3-11)17-14(10-19)8-13-9-15(18(20)21)6-7-16(13)22-17/h2-10,17H,1H3/t17-/m1/s1. The van der Waals surface area contributed by atoms with Crippen molar-refractivity contribution < 1.29 is 14.5 Å². The van der Waals surface area contributed by atoms with Crippen molar-refractivity contribution in [1.82, 2.24) is 0 Å². The molecular formula is C17H13NO4. The van der Waals surface area contributed by atoms with Gasteiger partial charge in [-0.25, -0.2) is 0 Å². The number of hydrogen-bond acceptors (Lipinski definition) is 4. The van der Waals surface area contributed by atoms with Crippen molar-refractivity contribution in [3.05, 3.63) is 74.8 Å². The maximum atomic E-state index is 11.4. The number of nitro groups is 1. The molecule has 5 nitrogen and oxygen atoms in total. The lowest BCUT2D eigenvalue weighted by Gasteiger charge is -2.25. The van der Waals surface area contributed by atoms with Crippen LogP contribution in [0.4, 0.5) is 5.69 Å². The number of aldehydes is 1. The molecule has 1 aliphatic heterocycles. The van der Waals surface area contributed by atoms with E-state index >= 15 is 0 Å². The second-order valence-electron chi connectivity index (χ2n) is 5.15. The van der Waals surface area contributed by atoms with E-state index in [4.69, 9.17) is 4.74 Å². The average molecular weight is 295 g/mol. The number of carbonyl (C=O) groups is 1. The van der Waals surface area contributed by atoms with Gasteiger partial charge in [0, 0.05) is 23.3 Å². The predicted octanol–water partition coefficient (Wildman–Crippen LogP) is 3.62. The minimum Gasteiger partial charge on any atom is -0.480 e. The number of carbonyl (C=O) groups excluding carboxylic acids is 1. The van der Waals surface area contributed by atoms with Crippen LogP contribution in [0, 0.1) is 17.0 Å². The highest BCUT2D eigenvalue weighted by molar-refractivity contribution is 5.86. The lowest BCUT2D eigenvalue weighted by Crippen LogP contribution is -2.15. The fourth-order valence-electron chi connectivity index (χ4n) is 2.42. The van der Waals surface area contributed by atoms with Crippen LogP contribution in [0.3, 0.4) is 0 Å². The van der Waals surface area contributed by atoms with Crippen molar-refractivity contribution in [3.63, 3.8) is 0 Å². The third kappa shape index (κ3) is 2.48. The first kappa shape index (κ1) is 14.0. The Labute approximate surface area is 127 Å². The molecule has 5 heteroatoms. The van der Waals surface area contributed by atoms with Crippen molar-refractivity contribution in [2.75, 3.05) is 0 Å². The van der Waals surface area contributed by atoms with Crippen LogP contribution in [0.5, 0.6) is 5.75 Å². The Kier molecular flexibility index (Phi) is 3.47. The van der Waals surface area contributed by atoms with Crippen LogP contribution in [0.1, 0.15) is 22.8 Å². The maximum absolute atomic E-state index is 11.4. The smallest absolute Gasteiger partial charge is 0.270 e. The molecule has 110 valence electrons. The molecule has 0 amide bonds. The first-order chi connectivity index (χ1) is 10.6. The zero-order valence-corrected chi connectivity index (χ0v) is 11.9. The molecule has 0 spiro atoms. The van der Waals surface area contributed by atoms with E-state index in [1.165, 1.54) is 12.1 Å². The van der Waals surface area contributed by atoms with E-state index in [0.717, 1.165) is 17.4 Å². The topological polar surface area (TPSA) is 69.4 Å². The molecule has 2 aromatic rings. The number of nitrogens with zero attached hydrogens (tertiary/aromatic N) is 1. The summed E-state index contributed by atoms with van der Waals surface area (Å²) in [6.45, 7) is 1.98. The van der Waals surface area contributed by atoms with Gasteiger partial charge in [0.1, 0.15) is 12.0 Å². The number of ether oxygens (including phenoxy) is 1. The van der Waals surface area contributed by atoms with Gasteiger partial charge < -0.3 is 4.74 Å². The SMILES string of the molecule is Cc1ccc([C@H]2Oc3ccc([N+](=O)[O-])cc3C=C2C=O)cc1. The second kappa shape index (κ2) is 5.44. The highest BCUT2D eigenvalue weighted by Crippen LogP contribution is 2.38. The van der Waals surface area contributed by atoms with Crippen LogP contribution in [0.2, 0.25) is 0 Å². The van der Waals surface area contributed by atoms with Gasteiger partial charge >= 0.3 is 0 Å². The molecule has 0 saturated heterocycles. The number of benzene rings is 2. The second-order valence-corrected chi connectivity index (χ2v) is 5.15. The summed E-state index contributed by atoms with van der Waals surface area (Å²) in [6.07, 6.45) is 1.88. The molecule has 0 saturated carbocycles. The fraction of sp³-hybridized carbons (Fsp3) is 0.118. The molecular weight excluding hydrogens is 282 g/mol. The van der Waals surface area contributed by atoms with E-state index < -0.39 is 11.0 Å². The van der Waals surface area contributed by atoms with E-state index in [9.17, 15) is 14.9 Å². The van der Waals surface area contributed by atoms with E-state index in [0.29, 0.717) is 16.9 Å². The average Bonchev–Trinajstić information content (AvgIpc) is 2.53. The first-order valence-corrected chi connectivity index (χ1v) is 6.77. The Morgan fingerprint density at radius 2 is 1.91 bits per heavy atom. The predicted molar refractivity (Wildman–Crippen MR) is 81.7 cm³/mol. The summed E-state index contributed by atoms with van der Waals surface area (Å²) in [5.74, 6) is 0.529. The van der Waals surface area contributed by atoms with Gasteiger partial charge in [-0.05, 0) is 24.6 Å². The van der Waals surface area contributed by atoms with Gasteiger partial charge in [-0.15, -0.1) is 0 Å². The van der Waals surface area contributed by atoms with Gasteiger partial charge in [-0.2, -0.15) is 0 Å². The van der Waals surface area contributed by atoms with Crippen molar-refractivity contribution in [2.24, 2.45) is 0 Å². The van der Waals surface area contributed by atoms with Gasteiger partial charge in [0.25, 0.3) is 5.69 Å². The van der Waals surface area contributed by atoms with Crippen LogP contribution >= 0.6 is 0 Å². The summed E-state index contributed by atoms with van der Waals surface area (Å²) >= 11 is 0. The lowest BCUT2D eigenvalue weighted by molar-refractivity contribution is -0.384. The highest BCUT2D eigenvalue weighted by Gasteiger charge is 2.25. The number of aryl methyl sites for hydroxylation is 1. The van der Waals surface area contributed by atoms with Gasteiger partial charge in [-0.1, -0.05) is 29.8 Å². The molecule has 0 unspecified atom stereocenters. The van der Waals surface area contributed by atoms with Crippen LogP contribution in [-0.2, 0) is 4.79 Å². The molecule has 0 fully saturated rings. The van der Waals surface area contributed by atoms with E-state index in [1.807, 2.05) is 31.2 Å². The van der Waals surface area contributed by atoms with Crippen molar-refractivity contribution in [1.29, 1.82) is 0 Å². The van der Waals surface area contributed by atoms with E-state index in [-0.39, 0.29) is 5.69 Å². The Morgan fingerprint density at radius 1 is 1.18 bits per heavy atom. The molecule has 0 bridgehead atoms. The number of hydrogen-bond donors (Lipinski definition) is 0. The highest BCUT2D eigenvalue weighted by atomic mass is 16.6. The molecule has 2 aromatic carbocycles. The Hall–Kier alpha value is -2.95. The lowest BCUT2D eigenvalue weighted by atomic mass is 9.96. The van der Waals surface area contributed by atoms with Gasteiger partial charge in [0.15, 0.2) is 6.10 Å². The van der Waals surface area contributed by atoms with Gasteiger partial charge in [0.2, 0.25) is 0 Å². The monoisotopic (exact) mass is 295 g/mol. The summed E-state index contributed by atoms with van der Waals surface area (Å²) in [4.78, 5) is 21.7. The van der Waals surface area contributed by atoms with E-state index in [2.05, 4.69) is 0 Å². The van der Waals surface area contributed by atoms with Crippen molar-refractivity contribution in [3.8, 4) is 5.75 Å². The summed E-state index contributed by atoms with van der Waals surface area (Å²) in [6, 6.07) is 12.1. The zero-order chi connectivity index (χ0) is 15.7. The Bertz CT molecular complexity index is 778. The molecule has 0 radical (unpaired) electrons. The molecule has 1 atom stereocenters. The minimum atomic E-state index is -0.493. The number of rotatable bonds is 3. The van der Waals surface area contributed by atoms with Crippen molar-refractivity contribution in [2.45, 2.75) is 13.0 Å². The third-order valence-corrected chi connectivity index (χ3v) is 3.59. The van der Waals surface area contributed by atoms with Gasteiger partial charge in [-0.3, -0.25) is 14.9 Å². The molecule has 1 heterocycles. The summed E-state index contributed by atoms with van der Waals surface area (Å²) in [5, 5.41) is 10.8. The molecule has 0 N–H and O–H groups in total. The fourth-order valence-corrected chi connectivity index (χ4v) is 2.42. The number of non-ortho nitro benzene ring substituents is 1. The van der Waals surface area contributed by atoms with Crippen LogP contribution < -0.4 is 4.74 Å². The summed E-state index contributed by atoms with van der Waals surface area (Å²) < 4.78 is 5.87. The Balaban J connectivity index is 2.03. The van der Waals surface area contributed by atoms with Crippen molar-refractivity contribution >= 4 is 18.0 Å². The van der Waals surface area contributed by atoms with E-state index in [1.54, 1.807) is 12.1 Å². The number of nitro benzene ring substituents is 1. The van der Waals surface area contributed by atoms with Crippen LogP contribution in [0.25, 0.3) is 6.08 Å². The van der Waals surface area contributed by atoms with Crippen LogP contribution in [0.15, 0.2) is 48.0 Å². The molecule has 22 heavy (non-hydrogen) atoms. The maximum Gasteiger partial charge on any atom is 0.270 e. The first-order valence-electron chi connectivity index (χ1n) is 6.77. The minimum absolute atomic E-state index is 0.0300. The largest absolute Gasteiger partial charge is 0.480 e. The zero-order valence-electron chi connectivity index (χ0n) is 11.9. The normalized spacial score (nSPS) is 16.2. The molecule has 1 aliphatic rings. The van der Waals surface area contributed by atoms with Crippen LogP contribution in [-0.4, -0.2) is 11.2 Å². The summed E-state index contributed by atoms with van der Waals surface area (Å²) in [5.41, 5.74) is 2.94. The molecule has 0 aliphatic carbocycles. The molecule has 3 rings (SSSR count). The number of fused-ring (bicyclic) bond motifs is 1. The third-order valence-electron chi connectivity index (χ3n) is 3.59. The quantitative estimate of drug-likeness (QED) is 0.492.